The Morgan fingerprint density at radius 1 is 1.24 bits per heavy atom. The largest absolute Gasteiger partial charge is 0.366 e. The molecule has 3 aromatic rings. The highest BCUT2D eigenvalue weighted by Gasteiger charge is 2.24. The quantitative estimate of drug-likeness (QED) is 0.548. The van der Waals surface area contributed by atoms with Crippen LogP contribution >= 0.6 is 11.6 Å². The van der Waals surface area contributed by atoms with Gasteiger partial charge in [0.05, 0.1) is 22.7 Å². The van der Waals surface area contributed by atoms with Crippen LogP contribution in [0.15, 0.2) is 30.6 Å². The van der Waals surface area contributed by atoms with E-state index in [1.54, 1.807) is 6.92 Å². The molecule has 9 heteroatoms. The van der Waals surface area contributed by atoms with E-state index in [1.165, 1.54) is 10.8 Å². The van der Waals surface area contributed by atoms with E-state index in [-0.39, 0.29) is 28.7 Å². The number of nitrogens with one attached hydrogen (secondary N) is 1. The van der Waals surface area contributed by atoms with Gasteiger partial charge in [0.2, 0.25) is 0 Å². The standard InChI is InChI=1S/C16H13ClF3N5/c1-8(2)6-21-15-14(13-10(19)3-9(18)4-11(13)20)12(5-17)24-16-22-7-23-25(15)16/h3-4,7,21H,1,5-6H2,2H3. The number of hydrogen-bond donors (Lipinski definition) is 1. The van der Waals surface area contributed by atoms with Gasteiger partial charge in [-0.05, 0) is 6.92 Å². The second-order valence-corrected chi connectivity index (χ2v) is 5.71. The fourth-order valence-corrected chi connectivity index (χ4v) is 2.62. The number of aromatic nitrogens is 4. The molecule has 0 saturated carbocycles. The van der Waals surface area contributed by atoms with Crippen LogP contribution in [0.25, 0.3) is 16.9 Å². The van der Waals surface area contributed by atoms with Crippen molar-refractivity contribution in [2.45, 2.75) is 12.8 Å². The molecule has 0 amide bonds. The number of benzene rings is 1. The van der Waals surface area contributed by atoms with Gasteiger partial charge in [-0.3, -0.25) is 0 Å². The summed E-state index contributed by atoms with van der Waals surface area (Å²) in [6.45, 7) is 5.89. The molecule has 25 heavy (non-hydrogen) atoms. The monoisotopic (exact) mass is 367 g/mol. The van der Waals surface area contributed by atoms with E-state index >= 15 is 0 Å². The van der Waals surface area contributed by atoms with Crippen LogP contribution in [0.5, 0.6) is 0 Å². The highest BCUT2D eigenvalue weighted by Crippen LogP contribution is 2.36. The van der Waals surface area contributed by atoms with E-state index in [9.17, 15) is 13.2 Å². The second-order valence-electron chi connectivity index (χ2n) is 5.44. The van der Waals surface area contributed by atoms with Gasteiger partial charge in [0.15, 0.2) is 0 Å². The third-order valence-electron chi connectivity index (χ3n) is 3.44. The van der Waals surface area contributed by atoms with Gasteiger partial charge >= 0.3 is 0 Å². The molecule has 0 unspecified atom stereocenters. The normalized spacial score (nSPS) is 11.1. The zero-order valence-corrected chi connectivity index (χ0v) is 13.9. The van der Waals surface area contributed by atoms with Crippen molar-refractivity contribution < 1.29 is 13.2 Å². The zero-order valence-electron chi connectivity index (χ0n) is 13.2. The summed E-state index contributed by atoms with van der Waals surface area (Å²) in [5, 5.41) is 7.04. The maximum absolute atomic E-state index is 14.4. The lowest BCUT2D eigenvalue weighted by molar-refractivity contribution is 0.547. The van der Waals surface area contributed by atoms with Gasteiger partial charge in [-0.2, -0.15) is 14.6 Å². The van der Waals surface area contributed by atoms with Crippen LogP contribution in [0.1, 0.15) is 12.6 Å². The maximum Gasteiger partial charge on any atom is 0.254 e. The Balaban J connectivity index is 2.36. The Labute approximate surface area is 146 Å². The Bertz CT molecular complexity index is 947. The first-order chi connectivity index (χ1) is 11.9. The molecule has 1 aromatic carbocycles. The van der Waals surface area contributed by atoms with Gasteiger partial charge in [-0.25, -0.2) is 18.2 Å². The molecule has 5 nitrogen and oxygen atoms in total. The predicted molar refractivity (Wildman–Crippen MR) is 89.0 cm³/mol. The van der Waals surface area contributed by atoms with Crippen LogP contribution in [-0.4, -0.2) is 26.1 Å². The van der Waals surface area contributed by atoms with Crippen LogP contribution in [0, 0.1) is 17.5 Å². The first-order valence-electron chi connectivity index (χ1n) is 7.24. The molecule has 0 radical (unpaired) electrons. The van der Waals surface area contributed by atoms with E-state index in [1.807, 2.05) is 0 Å². The summed E-state index contributed by atoms with van der Waals surface area (Å²) in [7, 11) is 0. The van der Waals surface area contributed by atoms with Crippen molar-refractivity contribution in [3.05, 3.63) is 53.8 Å². The van der Waals surface area contributed by atoms with Crippen LogP contribution < -0.4 is 5.32 Å². The van der Waals surface area contributed by atoms with Crippen LogP contribution in [-0.2, 0) is 5.88 Å². The van der Waals surface area contributed by atoms with E-state index in [0.717, 1.165) is 5.57 Å². The average Bonchev–Trinajstić information content (AvgIpc) is 2.99. The molecule has 2 heterocycles. The summed E-state index contributed by atoms with van der Waals surface area (Å²) >= 11 is 5.94. The highest BCUT2D eigenvalue weighted by molar-refractivity contribution is 6.17. The van der Waals surface area contributed by atoms with E-state index in [0.29, 0.717) is 18.7 Å². The minimum atomic E-state index is -1.07. The lowest BCUT2D eigenvalue weighted by Gasteiger charge is -2.17. The minimum Gasteiger partial charge on any atom is -0.366 e. The fourth-order valence-electron chi connectivity index (χ4n) is 2.43. The topological polar surface area (TPSA) is 55.1 Å². The van der Waals surface area contributed by atoms with Crippen molar-refractivity contribution in [3.8, 4) is 11.1 Å². The number of hydrogen-bond acceptors (Lipinski definition) is 4. The Morgan fingerprint density at radius 3 is 2.52 bits per heavy atom. The van der Waals surface area contributed by atoms with Crippen molar-refractivity contribution in [3.63, 3.8) is 0 Å². The lowest BCUT2D eigenvalue weighted by atomic mass is 10.0. The number of anilines is 1. The van der Waals surface area contributed by atoms with Gasteiger partial charge < -0.3 is 5.32 Å². The third-order valence-corrected chi connectivity index (χ3v) is 3.70. The van der Waals surface area contributed by atoms with Gasteiger partial charge in [-0.1, -0.05) is 12.2 Å². The first-order valence-corrected chi connectivity index (χ1v) is 7.77. The van der Waals surface area contributed by atoms with Crippen LogP contribution in [0.4, 0.5) is 19.0 Å². The number of alkyl halides is 1. The van der Waals surface area contributed by atoms with E-state index in [4.69, 9.17) is 11.6 Å². The molecule has 0 saturated heterocycles. The predicted octanol–water partition coefficient (Wildman–Crippen LogP) is 3.94. The molecule has 3 rings (SSSR count). The van der Waals surface area contributed by atoms with Crippen molar-refractivity contribution in [2.24, 2.45) is 0 Å². The maximum atomic E-state index is 14.4. The Morgan fingerprint density at radius 2 is 1.92 bits per heavy atom. The summed E-state index contributed by atoms with van der Waals surface area (Å²) in [5.41, 5.74) is 0.592. The summed E-state index contributed by atoms with van der Waals surface area (Å²) in [6.07, 6.45) is 1.26. The number of rotatable bonds is 5. The molecule has 0 fully saturated rings. The van der Waals surface area contributed by atoms with Crippen LogP contribution in [0.3, 0.4) is 0 Å². The molecule has 0 aliphatic rings. The first kappa shape index (κ1) is 17.2. The molecule has 0 atom stereocenters. The van der Waals surface area contributed by atoms with Crippen molar-refractivity contribution >= 4 is 23.2 Å². The summed E-state index contributed by atoms with van der Waals surface area (Å²) in [4.78, 5) is 8.17. The average molecular weight is 368 g/mol. The highest BCUT2D eigenvalue weighted by atomic mass is 35.5. The molecule has 0 bridgehead atoms. The molecule has 130 valence electrons. The van der Waals surface area contributed by atoms with E-state index in [2.05, 4.69) is 27.0 Å². The molecule has 1 N–H and O–H groups in total. The number of fused-ring (bicyclic) bond motifs is 1. The summed E-state index contributed by atoms with van der Waals surface area (Å²) in [6, 6.07) is 1.20. The van der Waals surface area contributed by atoms with Crippen molar-refractivity contribution in [1.82, 2.24) is 19.6 Å². The Kier molecular flexibility index (Phi) is 4.63. The summed E-state index contributed by atoms with van der Waals surface area (Å²) in [5.74, 6) is -2.82. The van der Waals surface area contributed by atoms with E-state index < -0.39 is 23.0 Å². The molecule has 0 spiro atoms. The number of halogens is 4. The minimum absolute atomic E-state index is 0.0595. The second kappa shape index (κ2) is 6.72. The van der Waals surface area contributed by atoms with Gasteiger partial charge in [-0.15, -0.1) is 11.6 Å². The SMILES string of the molecule is C=C(C)CNc1c(-c2c(F)cc(F)cc2F)c(CCl)nc2ncnn12. The van der Waals surface area contributed by atoms with Gasteiger partial charge in [0.25, 0.3) is 5.78 Å². The smallest absolute Gasteiger partial charge is 0.254 e. The third kappa shape index (κ3) is 3.17. The van der Waals surface area contributed by atoms with Crippen LogP contribution in [0.2, 0.25) is 0 Å². The number of nitrogens with zero attached hydrogens (tertiary/aromatic N) is 4. The van der Waals surface area contributed by atoms with Gasteiger partial charge in [0, 0.05) is 18.7 Å². The zero-order chi connectivity index (χ0) is 18.1. The Hall–Kier alpha value is -2.61. The molecule has 0 aliphatic heterocycles. The molecule has 0 aliphatic carbocycles. The van der Waals surface area contributed by atoms with Crippen molar-refractivity contribution in [2.75, 3.05) is 11.9 Å². The molecular formula is C16H13ClF3N5. The lowest BCUT2D eigenvalue weighted by Crippen LogP contribution is -2.13. The van der Waals surface area contributed by atoms with Gasteiger partial charge in [0.1, 0.15) is 29.6 Å². The molecule has 2 aromatic heterocycles. The van der Waals surface area contributed by atoms with Crippen molar-refractivity contribution in [1.29, 1.82) is 0 Å². The molecular weight excluding hydrogens is 355 g/mol. The fraction of sp³-hybridized carbons (Fsp3) is 0.188. The summed E-state index contributed by atoms with van der Waals surface area (Å²) < 4.78 is 43.3.